The molecular weight excluding hydrogens is 962 g/mol. The molecule has 0 spiro atoms. The maximum Gasteiger partial charge on any atom is 0.148 e. The summed E-state index contributed by atoms with van der Waals surface area (Å²) in [5, 5.41) is 12.0. The quantitative estimate of drug-likeness (QED) is 0.154. The molecule has 0 bridgehead atoms. The van der Waals surface area contributed by atoms with Crippen molar-refractivity contribution in [3.8, 4) is 67.5 Å². The molecule has 64 heavy (non-hydrogen) atoms. The Hall–Kier alpha value is -5.57. The van der Waals surface area contributed by atoms with Crippen LogP contribution >= 0.6 is 0 Å². The summed E-state index contributed by atoms with van der Waals surface area (Å²) in [7, 11) is 0. The smallest absolute Gasteiger partial charge is 0.148 e. The summed E-state index contributed by atoms with van der Waals surface area (Å²) in [4.78, 5) is 10.2. The van der Waals surface area contributed by atoms with Gasteiger partial charge in [0.1, 0.15) is 11.6 Å². The van der Waals surface area contributed by atoms with Crippen LogP contribution in [0.5, 0.6) is 5.75 Å². The van der Waals surface area contributed by atoms with Gasteiger partial charge < -0.3 is 5.11 Å². The summed E-state index contributed by atoms with van der Waals surface area (Å²) in [5.74, 6) is -1.56. The predicted octanol–water partition coefficient (Wildman–Crippen LogP) is 16.0. The fourth-order valence-corrected chi connectivity index (χ4v) is 8.11. The number of aromatic nitrogens is 3. The monoisotopic (exact) mass is 1030 g/mol. The Labute approximate surface area is 407 Å². The van der Waals surface area contributed by atoms with Crippen LogP contribution in [0.1, 0.15) is 131 Å². The number of phenols is 1. The zero-order valence-electron chi connectivity index (χ0n) is 46.7. The molecule has 6 aromatic carbocycles. The molecule has 0 amide bonds. The molecule has 8 aromatic rings. The van der Waals surface area contributed by atoms with Crippen molar-refractivity contribution < 1.29 is 37.1 Å². The normalized spacial score (nSPS) is 14.6. The van der Waals surface area contributed by atoms with E-state index >= 15 is 0 Å². The van der Waals surface area contributed by atoms with Crippen LogP contribution in [0.15, 0.2) is 121 Å². The average Bonchev–Trinajstić information content (AvgIpc) is 3.67. The van der Waals surface area contributed by atoms with E-state index < -0.39 is 25.5 Å². The SMILES string of the molecule is [2H]C([2H])([2H])c1ccc(-c2ccnc(-c3[c-]c(-c4cccc5c4nc(-c4cc(C(C)(C)C)cc(C)c4O)n5-c4ccc(-c5cc(C([2H])(C)C)cc(C([2H])(C)C)c5)cc4C([2H])([2H])[2H])cc(C(C)(C)C)c3)c2)cc1.[Pt]. The first-order valence-corrected chi connectivity index (χ1v) is 21.6. The van der Waals surface area contributed by atoms with E-state index in [1.165, 1.54) is 0 Å². The molecule has 0 atom stereocenters. The fraction of sp³-hybridized carbons (Fsp3) is 0.288. The third-order valence-electron chi connectivity index (χ3n) is 12.0. The van der Waals surface area contributed by atoms with E-state index in [1.54, 1.807) is 58.2 Å². The van der Waals surface area contributed by atoms with Crippen molar-refractivity contribution in [3.63, 3.8) is 0 Å². The largest absolute Gasteiger partial charge is 0.507 e. The number of imidazole rings is 1. The van der Waals surface area contributed by atoms with Gasteiger partial charge in [0.05, 0.1) is 22.3 Å². The van der Waals surface area contributed by atoms with Crippen LogP contribution in [0, 0.1) is 26.7 Å². The molecule has 0 unspecified atom stereocenters. The number of pyridine rings is 1. The Bertz CT molecular complexity index is 3310. The van der Waals surface area contributed by atoms with E-state index in [0.29, 0.717) is 61.6 Å². The first-order valence-electron chi connectivity index (χ1n) is 25.6. The van der Waals surface area contributed by atoms with E-state index in [2.05, 4.69) is 59.7 Å². The number of phenolic OH excluding ortho intramolecular Hbond substituents is 1. The molecule has 330 valence electrons. The second kappa shape index (κ2) is 17.8. The molecule has 2 aromatic heterocycles. The van der Waals surface area contributed by atoms with Gasteiger partial charge in [0.15, 0.2) is 0 Å². The van der Waals surface area contributed by atoms with Crippen molar-refractivity contribution in [1.82, 2.24) is 14.5 Å². The van der Waals surface area contributed by atoms with Crippen molar-refractivity contribution in [3.05, 3.63) is 166 Å². The Kier molecular flexibility index (Phi) is 10.2. The molecule has 0 aliphatic carbocycles. The van der Waals surface area contributed by atoms with Crippen molar-refractivity contribution in [2.75, 3.05) is 0 Å². The zero-order valence-corrected chi connectivity index (χ0v) is 40.9. The minimum Gasteiger partial charge on any atom is -0.507 e. The average molecular weight is 1030 g/mol. The van der Waals surface area contributed by atoms with Gasteiger partial charge in [-0.05, 0) is 124 Å². The Morgan fingerprint density at radius 2 is 1.28 bits per heavy atom. The molecule has 1 N–H and O–H groups in total. The zero-order chi connectivity index (χ0) is 52.0. The van der Waals surface area contributed by atoms with E-state index in [1.807, 2.05) is 90.4 Å². The van der Waals surface area contributed by atoms with Crippen LogP contribution in [0.4, 0.5) is 0 Å². The van der Waals surface area contributed by atoms with E-state index in [4.69, 9.17) is 20.9 Å². The number of aromatic hydroxyl groups is 1. The van der Waals surface area contributed by atoms with E-state index in [0.717, 1.165) is 38.9 Å². The van der Waals surface area contributed by atoms with Gasteiger partial charge in [-0.3, -0.25) is 9.55 Å². The Morgan fingerprint density at radius 1 is 0.641 bits per heavy atom. The molecule has 0 aliphatic rings. The summed E-state index contributed by atoms with van der Waals surface area (Å²) < 4.78 is 70.4. The van der Waals surface area contributed by atoms with Gasteiger partial charge in [-0.1, -0.05) is 159 Å². The van der Waals surface area contributed by atoms with Crippen molar-refractivity contribution in [1.29, 1.82) is 0 Å². The number of para-hydroxylation sites is 1. The maximum absolute atomic E-state index is 12.0. The van der Waals surface area contributed by atoms with Crippen LogP contribution in [-0.4, -0.2) is 19.6 Å². The summed E-state index contributed by atoms with van der Waals surface area (Å²) in [6.07, 6.45) is 1.74. The van der Waals surface area contributed by atoms with Gasteiger partial charge >= 0.3 is 0 Å². The fourth-order valence-electron chi connectivity index (χ4n) is 8.11. The first-order chi connectivity index (χ1) is 32.8. The van der Waals surface area contributed by atoms with E-state index in [9.17, 15) is 5.11 Å². The summed E-state index contributed by atoms with van der Waals surface area (Å²) in [6, 6.07) is 39.5. The molecule has 0 saturated heterocycles. The third kappa shape index (κ3) is 9.18. The van der Waals surface area contributed by atoms with Gasteiger partial charge in [0.25, 0.3) is 0 Å². The number of fused-ring (bicyclic) bond motifs is 1. The van der Waals surface area contributed by atoms with Gasteiger partial charge in [-0.2, -0.15) is 0 Å². The van der Waals surface area contributed by atoms with E-state index in [-0.39, 0.29) is 48.8 Å². The standard InChI is InChI=1S/C59H62N3O.Pt/c1-35(2)43-27-44(36(3)4)29-45(28-43)41-21-22-53(38(6)25-41)62-54-16-14-15-50(55(54)61-57(62)51-34-48(58(8,9)10)26-39(7)56(51)63)46-30-47(32-49(31-46)59(11,12)13)52-33-42(23-24-60-52)40-19-17-37(5)18-20-40;/h14-29,31-36,63H,1-13H3;/q-1;/i5D3,6D3,35D,36D;. The predicted molar refractivity (Wildman–Crippen MR) is 266 cm³/mol. The van der Waals surface area contributed by atoms with Crippen LogP contribution in [-0.2, 0) is 31.9 Å². The van der Waals surface area contributed by atoms with Crippen molar-refractivity contribution >= 4 is 11.0 Å². The van der Waals surface area contributed by atoms with Gasteiger partial charge in [0.2, 0.25) is 0 Å². The maximum atomic E-state index is 12.0. The molecule has 5 heteroatoms. The molecular formula is C59H62N3OPt-. The first kappa shape index (κ1) is 36.7. The molecule has 8 rings (SSSR count). The number of benzene rings is 6. The van der Waals surface area contributed by atoms with Crippen molar-refractivity contribution in [2.45, 2.75) is 112 Å². The van der Waals surface area contributed by atoms with Crippen LogP contribution < -0.4 is 0 Å². The second-order valence-electron chi connectivity index (χ2n) is 19.4. The van der Waals surface area contributed by atoms with Gasteiger partial charge in [0, 0.05) is 43.9 Å². The molecule has 0 aliphatic heterocycles. The summed E-state index contributed by atoms with van der Waals surface area (Å²) in [6.45, 7) is 17.0. The van der Waals surface area contributed by atoms with Crippen LogP contribution in [0.3, 0.4) is 0 Å². The minimum absolute atomic E-state index is 0. The second-order valence-corrected chi connectivity index (χ2v) is 19.4. The van der Waals surface area contributed by atoms with Crippen LogP contribution in [0.2, 0.25) is 0 Å². The topological polar surface area (TPSA) is 50.9 Å². The molecule has 0 fully saturated rings. The Morgan fingerprint density at radius 3 is 1.92 bits per heavy atom. The number of hydrogen-bond donors (Lipinski definition) is 1. The third-order valence-corrected chi connectivity index (χ3v) is 12.0. The summed E-state index contributed by atoms with van der Waals surface area (Å²) >= 11 is 0. The number of rotatable bonds is 8. The number of nitrogens with zero attached hydrogens (tertiary/aromatic N) is 3. The molecule has 0 radical (unpaired) electrons. The molecule has 0 saturated carbocycles. The molecule has 4 nitrogen and oxygen atoms in total. The number of hydrogen-bond acceptors (Lipinski definition) is 3. The van der Waals surface area contributed by atoms with Crippen LogP contribution in [0.25, 0.3) is 72.7 Å². The van der Waals surface area contributed by atoms with Crippen molar-refractivity contribution in [2.24, 2.45) is 0 Å². The molecule has 2 heterocycles. The van der Waals surface area contributed by atoms with Gasteiger partial charge in [-0.15, -0.1) is 29.3 Å². The Balaban J connectivity index is 0.00000760. The number of aryl methyl sites for hydroxylation is 3. The van der Waals surface area contributed by atoms with Gasteiger partial charge in [-0.25, -0.2) is 4.98 Å². The summed E-state index contributed by atoms with van der Waals surface area (Å²) in [5.41, 5.74) is 11.7. The minimum atomic E-state index is -2.62.